The van der Waals surface area contributed by atoms with Gasteiger partial charge in [0.25, 0.3) is 11.5 Å². The molecule has 15 nitrogen and oxygen atoms in total. The molecule has 0 radical (unpaired) electrons. The van der Waals surface area contributed by atoms with Crippen LogP contribution in [-0.4, -0.2) is 96.5 Å². The smallest absolute Gasteiger partial charge is 0.408 e. The molecule has 56 heavy (non-hydrogen) atoms. The lowest BCUT2D eigenvalue weighted by Crippen LogP contribution is -2.59. The Hall–Kier alpha value is -5.51. The van der Waals surface area contributed by atoms with Gasteiger partial charge in [-0.3, -0.25) is 23.9 Å². The summed E-state index contributed by atoms with van der Waals surface area (Å²) in [5.41, 5.74) is -0.357. The van der Waals surface area contributed by atoms with Crippen molar-refractivity contribution in [2.24, 2.45) is 11.8 Å². The minimum Gasteiger partial charge on any atom is -0.445 e. The topological polar surface area (TPSA) is 189 Å². The Balaban J connectivity index is 1.29. The van der Waals surface area contributed by atoms with Gasteiger partial charge in [-0.05, 0) is 54.0 Å². The maximum Gasteiger partial charge on any atom is 0.408 e. The van der Waals surface area contributed by atoms with Crippen LogP contribution in [0.1, 0.15) is 52.0 Å². The maximum atomic E-state index is 14.8. The molecular weight excluding hydrogens is 739 g/mol. The van der Waals surface area contributed by atoms with Crippen molar-refractivity contribution in [2.45, 2.75) is 74.9 Å². The number of sulfonamides is 1. The normalized spacial score (nSPS) is 26.2. The highest BCUT2D eigenvalue weighted by Gasteiger charge is 2.62. The first-order valence-corrected chi connectivity index (χ1v) is 20.5. The van der Waals surface area contributed by atoms with Crippen LogP contribution in [0.5, 0.6) is 0 Å². The molecule has 2 aliphatic carbocycles. The first kappa shape index (κ1) is 38.8. The fraction of sp³-hybridized carbons (Fsp3) is 0.450. The quantitative estimate of drug-likeness (QED) is 0.287. The monoisotopic (exact) mass is 785 g/mol. The molecule has 8 rings (SSSR count). The van der Waals surface area contributed by atoms with E-state index in [9.17, 15) is 32.4 Å². The Morgan fingerprint density at radius 3 is 2.54 bits per heavy atom. The zero-order valence-corrected chi connectivity index (χ0v) is 32.5. The second-order valence-corrected chi connectivity index (χ2v) is 17.4. The van der Waals surface area contributed by atoms with Crippen LogP contribution in [0.4, 0.5) is 10.5 Å². The van der Waals surface area contributed by atoms with E-state index >= 15 is 0 Å². The minimum absolute atomic E-state index is 0.0452. The van der Waals surface area contributed by atoms with Crippen LogP contribution in [0, 0.1) is 11.8 Å². The van der Waals surface area contributed by atoms with Crippen molar-refractivity contribution >= 4 is 50.3 Å². The molecule has 2 unspecified atom stereocenters. The predicted molar refractivity (Wildman–Crippen MR) is 210 cm³/mol. The van der Waals surface area contributed by atoms with Crippen molar-refractivity contribution in [1.82, 2.24) is 30.0 Å². The van der Waals surface area contributed by atoms with Crippen molar-refractivity contribution in [3.05, 3.63) is 83.8 Å². The number of alkyl carbamates (subject to hydrolysis) is 1. The van der Waals surface area contributed by atoms with Crippen molar-refractivity contribution in [1.29, 1.82) is 0 Å². The highest BCUT2D eigenvalue weighted by atomic mass is 32.2. The number of nitrogens with zero attached hydrogens (tertiary/aromatic N) is 4. The summed E-state index contributed by atoms with van der Waals surface area (Å²) in [7, 11) is -2.07. The van der Waals surface area contributed by atoms with Crippen LogP contribution in [-0.2, 0) is 29.1 Å². The molecule has 3 fully saturated rings. The summed E-state index contributed by atoms with van der Waals surface area (Å²) in [4.78, 5) is 73.3. The van der Waals surface area contributed by atoms with Gasteiger partial charge in [0.1, 0.15) is 24.2 Å². The van der Waals surface area contributed by atoms with Gasteiger partial charge in [0.2, 0.25) is 21.8 Å². The largest absolute Gasteiger partial charge is 0.445 e. The Morgan fingerprint density at radius 2 is 1.84 bits per heavy atom. The molecule has 4 amide bonds. The fourth-order valence-corrected chi connectivity index (χ4v) is 9.05. The van der Waals surface area contributed by atoms with Gasteiger partial charge in [-0.25, -0.2) is 17.9 Å². The Bertz CT molecular complexity index is 2290. The number of nitrogens with one attached hydrogen (secondary N) is 3. The third-order valence-corrected chi connectivity index (χ3v) is 13.0. The van der Waals surface area contributed by atoms with Gasteiger partial charge < -0.3 is 25.2 Å². The standard InChI is InChI=1S/C40H47N7O8S/c1-5-28-21-40(28,38(51)44-56(53,54)30-15-16-30)43-35(48)31-20-29-23-46(31)37(50)34(24(2)3)42-39(52)55-18-10-6-9-17-45(4)32-22-41-47(29)36(49)33(32)27-14-13-25-11-7-8-12-26(25)19-27/h5-8,10-14,19,22,24,28-31,34H,1,9,15-18,20-21,23H2,2-4H3,(H,42,52)(H,43,48)(H,44,51)/b10-6+/t28?,29-,31+,34+,40?/m1/s1. The van der Waals surface area contributed by atoms with Crippen LogP contribution in [0.3, 0.4) is 0 Å². The van der Waals surface area contributed by atoms with Crippen LogP contribution < -0.4 is 25.8 Å². The van der Waals surface area contributed by atoms with Crippen LogP contribution in [0.2, 0.25) is 0 Å². The Morgan fingerprint density at radius 1 is 1.09 bits per heavy atom. The highest BCUT2D eigenvalue weighted by molar-refractivity contribution is 7.91. The number of aromatic nitrogens is 2. The first-order chi connectivity index (χ1) is 26.7. The van der Waals surface area contributed by atoms with Crippen LogP contribution in [0.15, 0.2) is 78.3 Å². The molecule has 3 aliphatic heterocycles. The summed E-state index contributed by atoms with van der Waals surface area (Å²) in [6.45, 7) is 7.60. The number of amides is 4. The molecule has 3 N–H and O–H groups in total. The van der Waals surface area contributed by atoms with Crippen LogP contribution >= 0.6 is 0 Å². The zero-order valence-electron chi connectivity index (χ0n) is 31.6. The van der Waals surface area contributed by atoms with Gasteiger partial charge in [-0.2, -0.15) is 5.10 Å². The summed E-state index contributed by atoms with van der Waals surface area (Å²) in [5, 5.41) is 11.3. The van der Waals surface area contributed by atoms with Crippen molar-refractivity contribution in [2.75, 3.05) is 31.6 Å². The second kappa shape index (κ2) is 15.2. The lowest BCUT2D eigenvalue weighted by Gasteiger charge is -2.31. The summed E-state index contributed by atoms with van der Waals surface area (Å²) in [5.74, 6) is -3.18. The van der Waals surface area contributed by atoms with Gasteiger partial charge in [-0.1, -0.05) is 68.5 Å². The number of hydrogen-bond acceptors (Lipinski definition) is 10. The van der Waals surface area contributed by atoms with Gasteiger partial charge in [0.05, 0.1) is 28.7 Å². The number of carbonyl (C=O) groups is 4. The second-order valence-electron chi connectivity index (χ2n) is 15.4. The number of anilines is 1. The lowest BCUT2D eigenvalue weighted by molar-refractivity contribution is -0.141. The molecule has 296 valence electrons. The molecule has 16 heteroatoms. The van der Waals surface area contributed by atoms with Crippen molar-refractivity contribution in [3.63, 3.8) is 0 Å². The summed E-state index contributed by atoms with van der Waals surface area (Å²) >= 11 is 0. The predicted octanol–water partition coefficient (Wildman–Crippen LogP) is 3.02. The lowest BCUT2D eigenvalue weighted by atomic mass is 10.0. The molecule has 5 aliphatic rings. The van der Waals surface area contributed by atoms with E-state index < -0.39 is 80.1 Å². The number of carbonyl (C=O) groups excluding carboxylic acids is 4. The van der Waals surface area contributed by atoms with E-state index in [1.54, 1.807) is 26.1 Å². The van der Waals surface area contributed by atoms with E-state index in [0.717, 1.165) is 10.8 Å². The summed E-state index contributed by atoms with van der Waals surface area (Å²) < 4.78 is 34.3. The Labute approximate surface area is 325 Å². The molecule has 2 saturated carbocycles. The molecular formula is C40H47N7O8S. The molecule has 0 spiro atoms. The molecule has 5 atom stereocenters. The molecule has 1 saturated heterocycles. The molecule has 3 aromatic rings. The highest BCUT2D eigenvalue weighted by Crippen LogP contribution is 2.46. The summed E-state index contributed by atoms with van der Waals surface area (Å²) in [6, 6.07) is 10.5. The SMILES string of the molecule is C=CC1CC1(NC(=O)[C@@H]1C[C@@H]2CN1C(=O)[C@H](C(C)C)NC(=O)OC/C=C/CCN(C)c1cnn2c(=O)c1-c1ccc2ccccc2c1)C(=O)NS(=O)(=O)C1CC1. The molecule has 4 bridgehead atoms. The third-order valence-electron chi connectivity index (χ3n) is 11.2. The molecule has 2 aromatic carbocycles. The number of hydrogen-bond donors (Lipinski definition) is 3. The maximum absolute atomic E-state index is 14.8. The molecule has 1 aromatic heterocycles. The average Bonchev–Trinajstić information content (AvgIpc) is 4.10. The number of ether oxygens (including phenoxy) is 1. The number of fused-ring (bicyclic) bond motifs is 12. The van der Waals surface area contributed by atoms with Gasteiger partial charge in [0, 0.05) is 32.5 Å². The number of benzene rings is 2. The molecule has 4 heterocycles. The van der Waals surface area contributed by atoms with E-state index in [-0.39, 0.29) is 26.0 Å². The van der Waals surface area contributed by atoms with Gasteiger partial charge in [-0.15, -0.1) is 6.58 Å². The van der Waals surface area contributed by atoms with Crippen LogP contribution in [0.25, 0.3) is 21.9 Å². The fourth-order valence-electron chi connectivity index (χ4n) is 7.69. The van der Waals surface area contributed by atoms with Gasteiger partial charge in [0.15, 0.2) is 0 Å². The van der Waals surface area contributed by atoms with E-state index in [1.807, 2.05) is 60.5 Å². The first-order valence-electron chi connectivity index (χ1n) is 19.0. The van der Waals surface area contributed by atoms with E-state index in [0.29, 0.717) is 42.6 Å². The summed E-state index contributed by atoms with van der Waals surface area (Å²) in [6.07, 6.45) is 7.35. The third kappa shape index (κ3) is 7.53. The van der Waals surface area contributed by atoms with E-state index in [4.69, 9.17) is 4.74 Å². The minimum atomic E-state index is -3.93. The van der Waals surface area contributed by atoms with E-state index in [1.165, 1.54) is 15.7 Å². The number of rotatable bonds is 8. The zero-order chi connectivity index (χ0) is 39.9. The van der Waals surface area contributed by atoms with E-state index in [2.05, 4.69) is 27.0 Å². The average molecular weight is 786 g/mol. The van der Waals surface area contributed by atoms with Crippen molar-refractivity contribution in [3.8, 4) is 11.1 Å². The van der Waals surface area contributed by atoms with Gasteiger partial charge >= 0.3 is 6.09 Å². The van der Waals surface area contributed by atoms with Crippen molar-refractivity contribution < 1.29 is 32.3 Å². The Kier molecular flexibility index (Phi) is 10.5.